The van der Waals surface area contributed by atoms with Gasteiger partial charge < -0.3 is 0 Å². The fourth-order valence-electron chi connectivity index (χ4n) is 0.818. The molecular weight excluding hydrogens is 132 g/mol. The Bertz CT molecular complexity index is 269. The minimum absolute atomic E-state index is 1.17. The molecule has 0 amide bonds. The second-order valence-corrected chi connectivity index (χ2v) is 2.45. The summed E-state index contributed by atoms with van der Waals surface area (Å²) in [5.41, 5.74) is 2.46. The Morgan fingerprint density at radius 2 is 1.82 bits per heavy atom. The monoisotopic (exact) mass is 143 g/mol. The maximum Gasteiger partial charge on any atom is 0.0630 e. The maximum atomic E-state index is 2.91. The highest BCUT2D eigenvalue weighted by atomic mass is 13.9. The van der Waals surface area contributed by atoms with Crippen LogP contribution in [0.15, 0.2) is 24.3 Å². The molecule has 55 valence electrons. The number of benzene rings is 1. The Balaban J connectivity index is 2.71. The van der Waals surface area contributed by atoms with E-state index in [0.29, 0.717) is 0 Å². The maximum absolute atomic E-state index is 2.91. The third-order valence-corrected chi connectivity index (χ3v) is 1.46. The summed E-state index contributed by atoms with van der Waals surface area (Å²) in [6.45, 7) is 3.92. The average Bonchev–Trinajstić information content (AvgIpc) is 2.04. The molecule has 0 saturated heterocycles. The van der Waals surface area contributed by atoms with Gasteiger partial charge in [0.15, 0.2) is 0 Å². The van der Waals surface area contributed by atoms with Gasteiger partial charge in [0.1, 0.15) is 0 Å². The topological polar surface area (TPSA) is 0 Å². The van der Waals surface area contributed by atoms with Crippen molar-refractivity contribution in [1.29, 1.82) is 0 Å². The lowest BCUT2D eigenvalue weighted by atomic mass is 10.1. The molecule has 1 aromatic rings. The summed E-state index contributed by atoms with van der Waals surface area (Å²) in [4.78, 5) is 0. The summed E-state index contributed by atoms with van der Waals surface area (Å²) in [6.07, 6.45) is 1.92. The van der Waals surface area contributed by atoms with Crippen LogP contribution in [0.5, 0.6) is 0 Å². The van der Waals surface area contributed by atoms with E-state index in [1.165, 1.54) is 11.1 Å². The predicted molar refractivity (Wildman–Crippen MR) is 48.0 cm³/mol. The van der Waals surface area contributed by atoms with Gasteiger partial charge >= 0.3 is 0 Å². The van der Waals surface area contributed by atoms with E-state index in [9.17, 15) is 0 Å². The van der Waals surface area contributed by atoms with E-state index in [2.05, 4.69) is 43.0 Å². The van der Waals surface area contributed by atoms with Gasteiger partial charge in [0.25, 0.3) is 0 Å². The van der Waals surface area contributed by atoms with Gasteiger partial charge in [-0.2, -0.15) is 0 Å². The quantitative estimate of drug-likeness (QED) is 0.530. The second kappa shape index (κ2) is 3.83. The van der Waals surface area contributed by atoms with Crippen LogP contribution in [0.2, 0.25) is 0 Å². The molecule has 0 atom stereocenters. The Morgan fingerprint density at radius 3 is 2.36 bits per heavy atom. The van der Waals surface area contributed by atoms with Crippen molar-refractivity contribution >= 4 is 0 Å². The first-order chi connectivity index (χ1) is 5.33. The first-order valence-corrected chi connectivity index (χ1v) is 3.65. The number of hydrogen-bond acceptors (Lipinski definition) is 0. The summed E-state index contributed by atoms with van der Waals surface area (Å²) in [6, 6.07) is 8.31. The molecule has 0 nitrogen and oxygen atoms in total. The molecule has 0 N–H and O–H groups in total. The van der Waals surface area contributed by atoms with Gasteiger partial charge in [-0.05, 0) is 19.4 Å². The van der Waals surface area contributed by atoms with Crippen LogP contribution < -0.4 is 0 Å². The van der Waals surface area contributed by atoms with Crippen molar-refractivity contribution in [2.75, 3.05) is 0 Å². The molecule has 0 saturated carbocycles. The summed E-state index contributed by atoms with van der Waals surface area (Å²) in [5.74, 6) is 5.73. The predicted octanol–water partition coefficient (Wildman–Crippen LogP) is 2.57. The molecule has 0 fully saturated rings. The van der Waals surface area contributed by atoms with Crippen LogP contribution in [0.25, 0.3) is 0 Å². The number of rotatable bonds is 1. The van der Waals surface area contributed by atoms with Gasteiger partial charge in [-0.3, -0.25) is 0 Å². The molecule has 1 radical (unpaired) electrons. The smallest absolute Gasteiger partial charge is 0.0630 e. The Morgan fingerprint density at radius 1 is 1.18 bits per heavy atom. The molecule has 1 aromatic carbocycles. The molecule has 0 aliphatic carbocycles. The molecule has 0 unspecified atom stereocenters. The minimum Gasteiger partial charge on any atom is -0.106 e. The van der Waals surface area contributed by atoms with Crippen LogP contribution in [0.1, 0.15) is 18.1 Å². The van der Waals surface area contributed by atoms with Crippen LogP contribution in [0.4, 0.5) is 0 Å². The van der Waals surface area contributed by atoms with Crippen LogP contribution in [0, 0.1) is 25.2 Å². The molecule has 0 aliphatic rings. The first kappa shape index (κ1) is 7.88. The Hall–Kier alpha value is -1.22. The Labute approximate surface area is 68.3 Å². The van der Waals surface area contributed by atoms with Crippen molar-refractivity contribution in [2.24, 2.45) is 0 Å². The molecule has 0 heterocycles. The van der Waals surface area contributed by atoms with Gasteiger partial charge in [-0.1, -0.05) is 35.7 Å². The van der Waals surface area contributed by atoms with Gasteiger partial charge in [0.05, 0.1) is 6.42 Å². The van der Waals surface area contributed by atoms with E-state index in [0.717, 1.165) is 0 Å². The normalized spacial score (nSPS) is 8.55. The molecule has 1 rings (SSSR count). The van der Waals surface area contributed by atoms with Gasteiger partial charge in [0.2, 0.25) is 0 Å². The zero-order valence-corrected chi connectivity index (χ0v) is 6.89. The van der Waals surface area contributed by atoms with E-state index < -0.39 is 0 Å². The van der Waals surface area contributed by atoms with Gasteiger partial charge in [0, 0.05) is 0 Å². The summed E-state index contributed by atoms with van der Waals surface area (Å²) < 4.78 is 0. The molecule has 0 aliphatic heterocycles. The van der Waals surface area contributed by atoms with Crippen LogP contribution >= 0.6 is 0 Å². The molecule has 11 heavy (non-hydrogen) atoms. The van der Waals surface area contributed by atoms with Gasteiger partial charge in [-0.15, -0.1) is 5.92 Å². The van der Waals surface area contributed by atoms with Crippen molar-refractivity contribution in [1.82, 2.24) is 0 Å². The summed E-state index contributed by atoms with van der Waals surface area (Å²) in [7, 11) is 0. The number of hydrogen-bond donors (Lipinski definition) is 0. The third kappa shape index (κ3) is 2.47. The van der Waals surface area contributed by atoms with Crippen molar-refractivity contribution in [2.45, 2.75) is 13.8 Å². The third-order valence-electron chi connectivity index (χ3n) is 1.46. The molecule has 0 heteroatoms. The SMILES string of the molecule is CC#C[CH]c1ccc(C)cc1. The lowest BCUT2D eigenvalue weighted by Gasteiger charge is -1.94. The minimum atomic E-state index is 1.17. The lowest BCUT2D eigenvalue weighted by Crippen LogP contribution is -1.77. The molecule has 0 bridgehead atoms. The second-order valence-electron chi connectivity index (χ2n) is 2.45. The Kier molecular flexibility index (Phi) is 2.74. The van der Waals surface area contributed by atoms with Crippen LogP contribution in [0.3, 0.4) is 0 Å². The molecule has 0 aromatic heterocycles. The number of aryl methyl sites for hydroxylation is 1. The van der Waals surface area contributed by atoms with E-state index in [4.69, 9.17) is 0 Å². The molecular formula is C11H11. The van der Waals surface area contributed by atoms with Crippen molar-refractivity contribution < 1.29 is 0 Å². The van der Waals surface area contributed by atoms with Crippen LogP contribution in [-0.4, -0.2) is 0 Å². The van der Waals surface area contributed by atoms with E-state index in [1.54, 1.807) is 0 Å². The van der Waals surface area contributed by atoms with Crippen molar-refractivity contribution in [3.8, 4) is 11.8 Å². The molecule has 0 spiro atoms. The van der Waals surface area contributed by atoms with Crippen molar-refractivity contribution in [3.05, 3.63) is 41.8 Å². The fraction of sp³-hybridized carbons (Fsp3) is 0.182. The highest BCUT2D eigenvalue weighted by Crippen LogP contribution is 2.04. The zero-order valence-electron chi connectivity index (χ0n) is 6.89. The van der Waals surface area contributed by atoms with Gasteiger partial charge in [-0.25, -0.2) is 0 Å². The van der Waals surface area contributed by atoms with Crippen LogP contribution in [-0.2, 0) is 0 Å². The van der Waals surface area contributed by atoms with E-state index in [1.807, 2.05) is 13.3 Å². The van der Waals surface area contributed by atoms with E-state index in [-0.39, 0.29) is 0 Å². The first-order valence-electron chi connectivity index (χ1n) is 3.65. The van der Waals surface area contributed by atoms with E-state index >= 15 is 0 Å². The largest absolute Gasteiger partial charge is 0.106 e. The zero-order chi connectivity index (χ0) is 8.10. The standard InChI is InChI=1S/C11H11/c1-3-4-5-11-8-6-10(2)7-9-11/h5-9H,1-2H3. The highest BCUT2D eigenvalue weighted by molar-refractivity contribution is 5.33. The summed E-state index contributed by atoms with van der Waals surface area (Å²) in [5, 5.41) is 0. The fourth-order valence-corrected chi connectivity index (χ4v) is 0.818. The summed E-state index contributed by atoms with van der Waals surface area (Å²) >= 11 is 0. The van der Waals surface area contributed by atoms with Crippen molar-refractivity contribution in [3.63, 3.8) is 0 Å². The highest BCUT2D eigenvalue weighted by Gasteiger charge is 1.87. The average molecular weight is 143 g/mol. The lowest BCUT2D eigenvalue weighted by molar-refractivity contribution is 1.43.